The molecule has 1 aliphatic rings. The number of amides is 1. The van der Waals surface area contributed by atoms with E-state index < -0.39 is 10.0 Å². The maximum absolute atomic E-state index is 13.0. The van der Waals surface area contributed by atoms with Gasteiger partial charge in [-0.05, 0) is 62.1 Å². The monoisotopic (exact) mass is 416 g/mol. The second-order valence-corrected chi connectivity index (χ2v) is 9.29. The lowest BCUT2D eigenvalue weighted by Crippen LogP contribution is -2.35. The number of nitrogens with one attached hydrogen (secondary N) is 1. The minimum Gasteiger partial charge on any atom is -0.496 e. The molecule has 7 heteroatoms. The van der Waals surface area contributed by atoms with Gasteiger partial charge in [-0.3, -0.25) is 4.79 Å². The molecule has 0 bridgehead atoms. The van der Waals surface area contributed by atoms with Crippen LogP contribution in [0.3, 0.4) is 0 Å². The molecule has 156 valence electrons. The predicted octanol–water partition coefficient (Wildman–Crippen LogP) is 3.75. The highest BCUT2D eigenvalue weighted by Gasteiger charge is 2.26. The summed E-state index contributed by atoms with van der Waals surface area (Å²) < 4.78 is 32.8. The van der Waals surface area contributed by atoms with Gasteiger partial charge in [0.25, 0.3) is 0 Å². The van der Waals surface area contributed by atoms with Gasteiger partial charge in [-0.15, -0.1) is 0 Å². The van der Waals surface area contributed by atoms with E-state index in [1.54, 1.807) is 29.6 Å². The average Bonchev–Trinajstić information content (AvgIpc) is 2.74. The minimum absolute atomic E-state index is 0.125. The van der Waals surface area contributed by atoms with Crippen molar-refractivity contribution >= 4 is 21.6 Å². The molecule has 0 aliphatic carbocycles. The Bertz CT molecular complexity index is 949. The maximum Gasteiger partial charge on any atom is 0.243 e. The molecule has 0 radical (unpaired) electrons. The summed E-state index contributed by atoms with van der Waals surface area (Å²) in [5.74, 6) is 0.464. The van der Waals surface area contributed by atoms with Crippen molar-refractivity contribution in [3.63, 3.8) is 0 Å². The number of piperidine rings is 1. The van der Waals surface area contributed by atoms with Crippen LogP contribution >= 0.6 is 0 Å². The third-order valence-corrected chi connectivity index (χ3v) is 7.06. The first kappa shape index (κ1) is 21.3. The second kappa shape index (κ2) is 9.41. The van der Waals surface area contributed by atoms with E-state index in [0.29, 0.717) is 30.8 Å². The molecule has 0 spiro atoms. The van der Waals surface area contributed by atoms with Crippen LogP contribution in [-0.4, -0.2) is 38.8 Å². The van der Waals surface area contributed by atoms with Gasteiger partial charge in [0, 0.05) is 25.2 Å². The van der Waals surface area contributed by atoms with E-state index in [0.717, 1.165) is 30.5 Å². The van der Waals surface area contributed by atoms with Crippen LogP contribution in [0.2, 0.25) is 0 Å². The fourth-order valence-electron chi connectivity index (χ4n) is 3.47. The lowest BCUT2D eigenvalue weighted by Gasteiger charge is -2.26. The summed E-state index contributed by atoms with van der Waals surface area (Å²) >= 11 is 0. The van der Waals surface area contributed by atoms with Gasteiger partial charge in [0.1, 0.15) is 5.75 Å². The largest absolute Gasteiger partial charge is 0.496 e. The van der Waals surface area contributed by atoms with E-state index in [2.05, 4.69) is 5.32 Å². The van der Waals surface area contributed by atoms with Gasteiger partial charge in [0.05, 0.1) is 12.0 Å². The zero-order valence-electron chi connectivity index (χ0n) is 17.0. The zero-order valence-corrected chi connectivity index (χ0v) is 17.8. The standard InChI is InChI=1S/C22H28N2O4S/c1-17-6-9-19(10-7-17)23-22(25)13-8-18-16-20(11-12-21(18)28-2)29(26,27)24-14-4-3-5-15-24/h6-7,9-12,16H,3-5,8,13-15H2,1-2H3,(H,23,25). The zero-order chi connectivity index (χ0) is 20.9. The van der Waals surface area contributed by atoms with Crippen molar-refractivity contribution in [2.24, 2.45) is 0 Å². The number of rotatable bonds is 7. The first-order valence-corrected chi connectivity index (χ1v) is 11.4. The summed E-state index contributed by atoms with van der Waals surface area (Å²) in [6.45, 7) is 3.11. The Morgan fingerprint density at radius 3 is 2.41 bits per heavy atom. The number of methoxy groups -OCH3 is 1. The molecule has 1 amide bonds. The fraction of sp³-hybridized carbons (Fsp3) is 0.409. The normalized spacial score (nSPS) is 15.1. The van der Waals surface area contributed by atoms with E-state index in [1.165, 1.54) is 0 Å². The molecule has 1 aliphatic heterocycles. The summed E-state index contributed by atoms with van der Waals surface area (Å²) in [7, 11) is -1.98. The van der Waals surface area contributed by atoms with Crippen molar-refractivity contribution in [2.75, 3.05) is 25.5 Å². The fourth-order valence-corrected chi connectivity index (χ4v) is 5.04. The molecule has 2 aromatic rings. The highest BCUT2D eigenvalue weighted by molar-refractivity contribution is 7.89. The van der Waals surface area contributed by atoms with Gasteiger partial charge in [-0.25, -0.2) is 8.42 Å². The van der Waals surface area contributed by atoms with Gasteiger partial charge in [-0.1, -0.05) is 24.1 Å². The van der Waals surface area contributed by atoms with Crippen LogP contribution in [-0.2, 0) is 21.2 Å². The molecule has 1 saturated heterocycles. The molecule has 0 aromatic heterocycles. The molecule has 1 heterocycles. The van der Waals surface area contributed by atoms with E-state index in [9.17, 15) is 13.2 Å². The van der Waals surface area contributed by atoms with E-state index in [-0.39, 0.29) is 17.2 Å². The molecule has 2 aromatic carbocycles. The third kappa shape index (κ3) is 5.36. The molecule has 3 rings (SSSR count). The van der Waals surface area contributed by atoms with Crippen LogP contribution in [0.1, 0.15) is 36.8 Å². The molecule has 0 saturated carbocycles. The first-order valence-electron chi connectivity index (χ1n) is 9.94. The maximum atomic E-state index is 13.0. The van der Waals surface area contributed by atoms with Gasteiger partial charge < -0.3 is 10.1 Å². The Labute approximate surface area is 172 Å². The summed E-state index contributed by atoms with van der Waals surface area (Å²) in [6.07, 6.45) is 3.47. The van der Waals surface area contributed by atoms with Crippen LogP contribution in [0.4, 0.5) is 5.69 Å². The molecule has 0 unspecified atom stereocenters. The number of ether oxygens (including phenoxy) is 1. The number of benzene rings is 2. The molecule has 1 N–H and O–H groups in total. The number of aryl methyl sites for hydroxylation is 2. The molecule has 1 fully saturated rings. The number of hydrogen-bond acceptors (Lipinski definition) is 4. The average molecular weight is 417 g/mol. The quantitative estimate of drug-likeness (QED) is 0.746. The lowest BCUT2D eigenvalue weighted by atomic mass is 10.1. The number of nitrogens with zero attached hydrogens (tertiary/aromatic N) is 1. The van der Waals surface area contributed by atoms with Crippen molar-refractivity contribution in [1.29, 1.82) is 0 Å². The van der Waals surface area contributed by atoms with Crippen LogP contribution in [0, 0.1) is 6.92 Å². The third-order valence-electron chi connectivity index (χ3n) is 5.16. The summed E-state index contributed by atoms with van der Waals surface area (Å²) in [5, 5.41) is 2.87. The van der Waals surface area contributed by atoms with Gasteiger partial charge in [0.2, 0.25) is 15.9 Å². The van der Waals surface area contributed by atoms with E-state index >= 15 is 0 Å². The molecule has 6 nitrogen and oxygen atoms in total. The topological polar surface area (TPSA) is 75.7 Å². The first-order chi connectivity index (χ1) is 13.9. The highest BCUT2D eigenvalue weighted by atomic mass is 32.2. The predicted molar refractivity (Wildman–Crippen MR) is 114 cm³/mol. The van der Waals surface area contributed by atoms with Crippen molar-refractivity contribution in [2.45, 2.75) is 43.9 Å². The minimum atomic E-state index is -3.52. The number of hydrogen-bond donors (Lipinski definition) is 1. The van der Waals surface area contributed by atoms with Gasteiger partial charge >= 0.3 is 0 Å². The van der Waals surface area contributed by atoms with Crippen LogP contribution < -0.4 is 10.1 Å². The molecular weight excluding hydrogens is 388 g/mol. The smallest absolute Gasteiger partial charge is 0.243 e. The number of anilines is 1. The van der Waals surface area contributed by atoms with Crippen LogP contribution in [0.15, 0.2) is 47.4 Å². The second-order valence-electron chi connectivity index (χ2n) is 7.35. The molecule has 29 heavy (non-hydrogen) atoms. The lowest BCUT2D eigenvalue weighted by molar-refractivity contribution is -0.116. The van der Waals surface area contributed by atoms with Crippen molar-refractivity contribution < 1.29 is 17.9 Å². The number of carbonyl (C=O) groups is 1. The Morgan fingerprint density at radius 1 is 1.07 bits per heavy atom. The Morgan fingerprint density at radius 2 is 1.76 bits per heavy atom. The van der Waals surface area contributed by atoms with Gasteiger partial charge in [0.15, 0.2) is 0 Å². The SMILES string of the molecule is COc1ccc(S(=O)(=O)N2CCCCC2)cc1CCC(=O)Nc1ccc(C)cc1. The summed E-state index contributed by atoms with van der Waals surface area (Å²) in [6, 6.07) is 12.5. The number of sulfonamides is 1. The Kier molecular flexibility index (Phi) is 6.92. The Balaban J connectivity index is 1.71. The van der Waals surface area contributed by atoms with Gasteiger partial charge in [-0.2, -0.15) is 4.31 Å². The van der Waals surface area contributed by atoms with E-state index in [1.807, 2.05) is 31.2 Å². The van der Waals surface area contributed by atoms with Crippen LogP contribution in [0.5, 0.6) is 5.75 Å². The summed E-state index contributed by atoms with van der Waals surface area (Å²) in [4.78, 5) is 12.6. The van der Waals surface area contributed by atoms with Crippen molar-refractivity contribution in [1.82, 2.24) is 4.31 Å². The van der Waals surface area contributed by atoms with Crippen LogP contribution in [0.25, 0.3) is 0 Å². The summed E-state index contributed by atoms with van der Waals surface area (Å²) in [5.41, 5.74) is 2.58. The molecular formula is C22H28N2O4S. The number of carbonyl (C=O) groups excluding carboxylic acids is 1. The van der Waals surface area contributed by atoms with Crippen molar-refractivity contribution in [3.05, 3.63) is 53.6 Å². The van der Waals surface area contributed by atoms with E-state index in [4.69, 9.17) is 4.74 Å². The molecule has 0 atom stereocenters. The highest BCUT2D eigenvalue weighted by Crippen LogP contribution is 2.27. The Hall–Kier alpha value is -2.38. The van der Waals surface area contributed by atoms with Crippen molar-refractivity contribution in [3.8, 4) is 5.75 Å².